The molecule has 0 bridgehead atoms. The number of aryl methyl sites for hydroxylation is 2. The zero-order valence-corrected chi connectivity index (χ0v) is 19.0. The van der Waals surface area contributed by atoms with Crippen LogP contribution in [-0.2, 0) is 28.3 Å². The summed E-state index contributed by atoms with van der Waals surface area (Å²) in [4.78, 5) is 17.1. The summed E-state index contributed by atoms with van der Waals surface area (Å²) >= 11 is 0. The van der Waals surface area contributed by atoms with Crippen molar-refractivity contribution >= 4 is 32.7 Å². The summed E-state index contributed by atoms with van der Waals surface area (Å²) in [5.74, 6) is 1.63. The normalized spacial score (nSPS) is 11.7. The van der Waals surface area contributed by atoms with Gasteiger partial charge in [0.1, 0.15) is 5.82 Å². The third-order valence-corrected chi connectivity index (χ3v) is 6.78. The van der Waals surface area contributed by atoms with E-state index < -0.39 is 10.0 Å². The highest BCUT2D eigenvalue weighted by molar-refractivity contribution is 7.89. The highest BCUT2D eigenvalue weighted by atomic mass is 32.2. The fourth-order valence-electron chi connectivity index (χ4n) is 3.19. The number of rotatable bonds is 8. The first-order valence-electron chi connectivity index (χ1n) is 9.57. The molecule has 1 aromatic heterocycles. The molecule has 0 saturated heterocycles. The van der Waals surface area contributed by atoms with Gasteiger partial charge in [0.25, 0.3) is 0 Å². The predicted octanol–water partition coefficient (Wildman–Crippen LogP) is 2.41. The maximum absolute atomic E-state index is 12.4. The Hall–Kier alpha value is -3.11. The van der Waals surface area contributed by atoms with Gasteiger partial charge in [-0.2, -0.15) is 0 Å². The quantitative estimate of drug-likeness (QED) is 0.570. The smallest absolute Gasteiger partial charge is 0.242 e. The molecule has 3 aromatic rings. The number of hydrogen-bond donors (Lipinski definition) is 1. The Morgan fingerprint density at radius 1 is 1.10 bits per heavy atom. The molecule has 10 heteroatoms. The van der Waals surface area contributed by atoms with Crippen LogP contribution in [0.25, 0.3) is 11.0 Å². The summed E-state index contributed by atoms with van der Waals surface area (Å²) in [6, 6.07) is 10.00. The number of sulfonamides is 1. The van der Waals surface area contributed by atoms with E-state index in [1.807, 2.05) is 11.6 Å². The van der Waals surface area contributed by atoms with Gasteiger partial charge in [-0.3, -0.25) is 4.79 Å². The second-order valence-corrected chi connectivity index (χ2v) is 9.29. The molecule has 9 nitrogen and oxygen atoms in total. The van der Waals surface area contributed by atoms with E-state index in [0.29, 0.717) is 34.9 Å². The number of benzene rings is 2. The van der Waals surface area contributed by atoms with Crippen molar-refractivity contribution in [2.24, 2.45) is 7.05 Å². The largest absolute Gasteiger partial charge is 0.493 e. The van der Waals surface area contributed by atoms with Crippen LogP contribution in [0.5, 0.6) is 11.5 Å². The number of carbonyl (C=O) groups is 1. The summed E-state index contributed by atoms with van der Waals surface area (Å²) < 4.78 is 38.2. The molecule has 0 aliphatic heterocycles. The van der Waals surface area contributed by atoms with Gasteiger partial charge < -0.3 is 19.4 Å². The number of imidazole rings is 1. The molecule has 0 aliphatic carbocycles. The number of carbonyl (C=O) groups excluding carboxylic acids is 1. The lowest BCUT2D eigenvalue weighted by Gasteiger charge is -2.11. The van der Waals surface area contributed by atoms with Crippen LogP contribution in [0.4, 0.5) is 5.69 Å². The van der Waals surface area contributed by atoms with E-state index >= 15 is 0 Å². The third-order valence-electron chi connectivity index (χ3n) is 4.97. The number of fused-ring (bicyclic) bond motifs is 1. The molecular formula is C21H26N4O5S. The number of ether oxygens (including phenoxy) is 2. The maximum Gasteiger partial charge on any atom is 0.242 e. The predicted molar refractivity (Wildman–Crippen MR) is 118 cm³/mol. The number of anilines is 1. The molecule has 0 saturated carbocycles. The van der Waals surface area contributed by atoms with Gasteiger partial charge in [-0.05, 0) is 30.3 Å². The molecule has 0 spiro atoms. The van der Waals surface area contributed by atoms with Crippen molar-refractivity contribution in [1.29, 1.82) is 0 Å². The Morgan fingerprint density at radius 2 is 1.81 bits per heavy atom. The van der Waals surface area contributed by atoms with Crippen LogP contribution in [0.3, 0.4) is 0 Å². The van der Waals surface area contributed by atoms with Crippen LogP contribution in [0.15, 0.2) is 41.3 Å². The Morgan fingerprint density at radius 3 is 2.45 bits per heavy atom. The van der Waals surface area contributed by atoms with Gasteiger partial charge in [0, 0.05) is 45.7 Å². The van der Waals surface area contributed by atoms with Crippen molar-refractivity contribution in [3.05, 3.63) is 42.2 Å². The standard InChI is InChI=1S/C21H26N4O5S/c1-24(2)31(27,28)15-7-8-17-16(13-15)23-20(25(17)3)10-11-21(26)22-14-6-9-18(29-4)19(12-14)30-5/h6-9,12-13H,10-11H2,1-5H3,(H,22,26). The highest BCUT2D eigenvalue weighted by Gasteiger charge is 2.19. The number of nitrogens with zero attached hydrogens (tertiary/aromatic N) is 3. The molecule has 0 radical (unpaired) electrons. The summed E-state index contributed by atoms with van der Waals surface area (Å²) in [5, 5.41) is 2.84. The van der Waals surface area contributed by atoms with Gasteiger partial charge in [-0.25, -0.2) is 17.7 Å². The second kappa shape index (κ2) is 8.94. The minimum absolute atomic E-state index is 0.171. The summed E-state index contributed by atoms with van der Waals surface area (Å²) in [6.07, 6.45) is 0.619. The summed E-state index contributed by atoms with van der Waals surface area (Å²) in [7, 11) is 4.35. The van der Waals surface area contributed by atoms with Crippen LogP contribution >= 0.6 is 0 Å². The topological polar surface area (TPSA) is 103 Å². The fraction of sp³-hybridized carbons (Fsp3) is 0.333. The molecule has 1 N–H and O–H groups in total. The van der Waals surface area contributed by atoms with Gasteiger partial charge >= 0.3 is 0 Å². The number of amides is 1. The van der Waals surface area contributed by atoms with Gasteiger partial charge in [-0.15, -0.1) is 0 Å². The molecule has 0 unspecified atom stereocenters. The highest BCUT2D eigenvalue weighted by Crippen LogP contribution is 2.30. The maximum atomic E-state index is 12.4. The van der Waals surface area contributed by atoms with Crippen molar-refractivity contribution in [1.82, 2.24) is 13.9 Å². The van der Waals surface area contributed by atoms with Crippen LogP contribution < -0.4 is 14.8 Å². The lowest BCUT2D eigenvalue weighted by atomic mass is 10.2. The van der Waals surface area contributed by atoms with E-state index in [2.05, 4.69) is 10.3 Å². The van der Waals surface area contributed by atoms with Crippen molar-refractivity contribution in [3.8, 4) is 11.5 Å². The molecule has 166 valence electrons. The lowest BCUT2D eigenvalue weighted by molar-refractivity contribution is -0.116. The molecule has 0 fully saturated rings. The van der Waals surface area contributed by atoms with Crippen molar-refractivity contribution in [3.63, 3.8) is 0 Å². The van der Waals surface area contributed by atoms with E-state index in [0.717, 1.165) is 9.82 Å². The first kappa shape index (κ1) is 22.6. The lowest BCUT2D eigenvalue weighted by Crippen LogP contribution is -2.22. The Labute approximate surface area is 181 Å². The molecule has 1 heterocycles. The number of hydrogen-bond acceptors (Lipinski definition) is 6. The van der Waals surface area contributed by atoms with Gasteiger partial charge in [0.15, 0.2) is 11.5 Å². The Bertz CT molecular complexity index is 1220. The van der Waals surface area contributed by atoms with Crippen LogP contribution in [0.1, 0.15) is 12.2 Å². The number of aromatic nitrogens is 2. The van der Waals surface area contributed by atoms with Crippen molar-refractivity contribution < 1.29 is 22.7 Å². The van der Waals surface area contributed by atoms with Crippen molar-refractivity contribution in [2.75, 3.05) is 33.6 Å². The Balaban J connectivity index is 1.73. The zero-order valence-electron chi connectivity index (χ0n) is 18.2. The van der Waals surface area contributed by atoms with E-state index in [9.17, 15) is 13.2 Å². The third kappa shape index (κ3) is 4.64. The summed E-state index contributed by atoms with van der Waals surface area (Å²) in [6.45, 7) is 0. The second-order valence-electron chi connectivity index (χ2n) is 7.14. The SMILES string of the molecule is COc1ccc(NC(=O)CCc2nc3cc(S(=O)(=O)N(C)C)ccc3n2C)cc1OC. The zero-order chi connectivity index (χ0) is 22.8. The monoisotopic (exact) mass is 446 g/mol. The average Bonchev–Trinajstić information content (AvgIpc) is 3.07. The van der Waals surface area contributed by atoms with Crippen molar-refractivity contribution in [2.45, 2.75) is 17.7 Å². The first-order chi connectivity index (χ1) is 14.7. The molecule has 2 aromatic carbocycles. The average molecular weight is 447 g/mol. The van der Waals surface area contributed by atoms with Gasteiger partial charge in [0.2, 0.25) is 15.9 Å². The molecule has 1 amide bonds. The summed E-state index contributed by atoms with van der Waals surface area (Å²) in [5.41, 5.74) is 1.97. The molecule has 3 rings (SSSR count). The molecule has 0 atom stereocenters. The first-order valence-corrected chi connectivity index (χ1v) is 11.0. The van der Waals surface area contributed by atoms with E-state index in [1.165, 1.54) is 21.2 Å². The van der Waals surface area contributed by atoms with Crippen LogP contribution in [0, 0.1) is 0 Å². The Kier molecular flexibility index (Phi) is 6.51. The van der Waals surface area contributed by atoms with Gasteiger partial charge in [-0.1, -0.05) is 0 Å². The molecule has 0 aliphatic rings. The van der Waals surface area contributed by atoms with E-state index in [-0.39, 0.29) is 17.2 Å². The number of methoxy groups -OCH3 is 2. The van der Waals surface area contributed by atoms with Crippen LogP contribution in [0.2, 0.25) is 0 Å². The minimum Gasteiger partial charge on any atom is -0.493 e. The van der Waals surface area contributed by atoms with Crippen LogP contribution in [-0.4, -0.2) is 56.5 Å². The number of nitrogens with one attached hydrogen (secondary N) is 1. The van der Waals surface area contributed by atoms with E-state index in [4.69, 9.17) is 9.47 Å². The molecule has 31 heavy (non-hydrogen) atoms. The minimum atomic E-state index is -3.54. The molecular weight excluding hydrogens is 420 g/mol. The fourth-order valence-corrected chi connectivity index (χ4v) is 4.11. The van der Waals surface area contributed by atoms with E-state index in [1.54, 1.807) is 43.5 Å². The van der Waals surface area contributed by atoms with Gasteiger partial charge in [0.05, 0.1) is 30.1 Å².